The average molecular weight is 715 g/mol. The van der Waals surface area contributed by atoms with Gasteiger partial charge in [-0.05, 0) is 11.1 Å². The molecule has 0 heterocycles. The lowest BCUT2D eigenvalue weighted by Crippen LogP contribution is -2.48. The van der Waals surface area contributed by atoms with E-state index in [-0.39, 0.29) is 42.0 Å². The molecule has 0 saturated carbocycles. The number of benzene rings is 4. The molecular weight excluding hydrogens is 669 g/mol. The Morgan fingerprint density at radius 3 is 1.52 bits per heavy atom. The van der Waals surface area contributed by atoms with Gasteiger partial charge in [0.05, 0.1) is 14.5 Å². The van der Waals surface area contributed by atoms with E-state index in [1.807, 2.05) is 115 Å². The van der Waals surface area contributed by atoms with Gasteiger partial charge in [0.1, 0.15) is 21.3 Å². The summed E-state index contributed by atoms with van der Waals surface area (Å²) in [5.41, 5.74) is 3.61. The number of hydrogen-bond acceptors (Lipinski definition) is 8. The predicted molar refractivity (Wildman–Crippen MR) is 202 cm³/mol. The summed E-state index contributed by atoms with van der Waals surface area (Å²) in [4.78, 5) is 43.2. The number of carbonyl (C=O) groups excluding carboxylic acids is 2. The van der Waals surface area contributed by atoms with Crippen LogP contribution in [0.3, 0.4) is 0 Å². The third-order valence-electron chi connectivity index (χ3n) is 7.94. The lowest BCUT2D eigenvalue weighted by molar-refractivity contribution is -0.480. The van der Waals surface area contributed by atoms with Gasteiger partial charge in [0.25, 0.3) is 0 Å². The zero-order chi connectivity index (χ0) is 37.0. The van der Waals surface area contributed by atoms with Crippen LogP contribution >= 0.6 is 0 Å². The van der Waals surface area contributed by atoms with Crippen molar-refractivity contribution in [1.29, 1.82) is 0 Å². The molecule has 0 amide bonds. The highest BCUT2D eigenvalue weighted by Crippen LogP contribution is 2.27. The fourth-order valence-electron chi connectivity index (χ4n) is 4.85. The van der Waals surface area contributed by atoms with Crippen molar-refractivity contribution < 1.29 is 28.9 Å². The van der Waals surface area contributed by atoms with Gasteiger partial charge in [-0.15, -0.1) is 0 Å². The van der Waals surface area contributed by atoms with E-state index in [4.69, 9.17) is 19.6 Å². The zero-order valence-corrected chi connectivity index (χ0v) is 31.3. The Balaban J connectivity index is 0.000000317. The molecule has 0 radical (unpaired) electrons. The van der Waals surface area contributed by atoms with Gasteiger partial charge in [-0.25, -0.2) is 4.79 Å². The number of carbonyl (C=O) groups is 2. The second-order valence-electron chi connectivity index (χ2n) is 12.6. The average Bonchev–Trinajstić information content (AvgIpc) is 3.10. The molecule has 0 aliphatic carbocycles. The second-order valence-corrected chi connectivity index (χ2v) is 21.8. The van der Waals surface area contributed by atoms with E-state index < -0.39 is 21.1 Å². The first-order valence-electron chi connectivity index (χ1n) is 16.1. The summed E-state index contributed by atoms with van der Waals surface area (Å²) in [7, 11) is -3.03. The first kappa shape index (κ1) is 41.0. The second kappa shape index (κ2) is 21.0. The molecule has 0 fully saturated rings. The smallest absolute Gasteiger partial charge is 0.330 e. The van der Waals surface area contributed by atoms with Crippen molar-refractivity contribution in [3.05, 3.63) is 164 Å². The van der Waals surface area contributed by atoms with Gasteiger partial charge in [0.15, 0.2) is 7.05 Å². The van der Waals surface area contributed by atoms with E-state index in [0.717, 1.165) is 23.4 Å². The number of rotatable bonds is 13. The molecule has 0 saturated heterocycles. The maximum atomic E-state index is 12.3. The van der Waals surface area contributed by atoms with Crippen LogP contribution in [-0.2, 0) is 32.3 Å². The van der Waals surface area contributed by atoms with Gasteiger partial charge >= 0.3 is 11.9 Å². The van der Waals surface area contributed by atoms with Crippen LogP contribution in [0.4, 0.5) is 0 Å². The van der Waals surface area contributed by atoms with Crippen LogP contribution in [0.1, 0.15) is 17.5 Å². The third-order valence-corrected chi connectivity index (χ3v) is 15.0. The Bertz CT molecular complexity index is 1650. The number of esters is 2. The number of nitrogens with zero attached hydrogens (tertiary/aromatic N) is 2. The molecule has 4 aromatic carbocycles. The first-order chi connectivity index (χ1) is 23.7. The summed E-state index contributed by atoms with van der Waals surface area (Å²) in [6.07, 6.45) is 1.64. The van der Waals surface area contributed by atoms with Crippen LogP contribution in [0.2, 0.25) is 31.7 Å². The number of nitro groups is 2. The minimum Gasteiger partial charge on any atom is -0.461 e. The zero-order valence-electron chi connectivity index (χ0n) is 29.3. The minimum absolute atomic E-state index is 0.0714. The van der Waals surface area contributed by atoms with Crippen LogP contribution in [0.25, 0.3) is 0 Å². The lowest BCUT2D eigenvalue weighted by Gasteiger charge is -2.29. The van der Waals surface area contributed by atoms with Crippen LogP contribution in [-0.4, -0.2) is 51.5 Å². The van der Waals surface area contributed by atoms with Gasteiger partial charge < -0.3 is 9.47 Å². The van der Waals surface area contributed by atoms with Crippen molar-refractivity contribution in [1.82, 2.24) is 0 Å². The van der Waals surface area contributed by atoms with E-state index in [2.05, 4.69) is 38.3 Å². The molecule has 4 aromatic rings. The molecule has 0 aromatic heterocycles. The van der Waals surface area contributed by atoms with Crippen LogP contribution in [0.5, 0.6) is 0 Å². The van der Waals surface area contributed by atoms with Gasteiger partial charge in [0, 0.05) is 21.5 Å². The van der Waals surface area contributed by atoms with E-state index in [9.17, 15) is 19.7 Å². The van der Waals surface area contributed by atoms with Crippen LogP contribution < -0.4 is 10.4 Å². The largest absolute Gasteiger partial charge is 0.461 e. The highest BCUT2D eigenvalue weighted by Gasteiger charge is 2.38. The van der Waals surface area contributed by atoms with Gasteiger partial charge in [-0.1, -0.05) is 164 Å². The molecule has 12 heteroatoms. The fourth-order valence-corrected chi connectivity index (χ4v) is 9.45. The molecule has 4 rings (SSSR count). The normalized spacial score (nSPS) is 11.5. The SMILES string of the molecule is C[N+](=O)[O-].C[Si](C)(/C=C/C(=O)OCc1ccccc1)c1ccccc1.C[Si](C)(c1ccccc1)C(CC(=O)OCc1ccccc1)C[N+](=O)[O-]. The van der Waals surface area contributed by atoms with Crippen molar-refractivity contribution in [2.75, 3.05) is 13.6 Å². The Morgan fingerprint density at radius 1 is 0.680 bits per heavy atom. The predicted octanol–water partition coefficient (Wildman–Crippen LogP) is 6.72. The Labute approximate surface area is 296 Å². The summed E-state index contributed by atoms with van der Waals surface area (Å²) in [6.45, 7) is 8.86. The van der Waals surface area contributed by atoms with E-state index in [1.54, 1.807) is 6.08 Å². The van der Waals surface area contributed by atoms with Crippen LogP contribution in [0, 0.1) is 20.2 Å². The monoisotopic (exact) mass is 714 g/mol. The maximum absolute atomic E-state index is 12.3. The van der Waals surface area contributed by atoms with Crippen molar-refractivity contribution in [2.24, 2.45) is 0 Å². The Kier molecular flexibility index (Phi) is 17.2. The molecule has 10 nitrogen and oxygen atoms in total. The quantitative estimate of drug-likeness (QED) is 0.0489. The molecule has 264 valence electrons. The maximum Gasteiger partial charge on any atom is 0.330 e. The number of hydrogen-bond donors (Lipinski definition) is 0. The first-order valence-corrected chi connectivity index (χ1v) is 22.3. The summed E-state index contributed by atoms with van der Waals surface area (Å²) >= 11 is 0. The summed E-state index contributed by atoms with van der Waals surface area (Å²) in [5, 5.41) is 22.3. The summed E-state index contributed by atoms with van der Waals surface area (Å²) in [5.74, 6) is -0.664. The molecular formula is C38H46N2O8Si2. The van der Waals surface area contributed by atoms with E-state index in [1.165, 1.54) is 5.19 Å². The number of ether oxygens (including phenoxy) is 2. The summed E-state index contributed by atoms with van der Waals surface area (Å²) in [6, 6.07) is 39.2. The van der Waals surface area contributed by atoms with E-state index >= 15 is 0 Å². The topological polar surface area (TPSA) is 139 Å². The molecule has 1 unspecified atom stereocenters. The van der Waals surface area contributed by atoms with Gasteiger partial charge in [-0.3, -0.25) is 25.0 Å². The highest BCUT2D eigenvalue weighted by molar-refractivity contribution is 6.94. The molecule has 0 spiro atoms. The lowest BCUT2D eigenvalue weighted by atomic mass is 10.2. The van der Waals surface area contributed by atoms with E-state index in [0.29, 0.717) is 6.61 Å². The van der Waals surface area contributed by atoms with Gasteiger partial charge in [-0.2, -0.15) is 0 Å². The molecule has 0 bridgehead atoms. The van der Waals surface area contributed by atoms with Crippen LogP contribution in [0.15, 0.2) is 133 Å². The van der Waals surface area contributed by atoms with Crippen molar-refractivity contribution in [3.63, 3.8) is 0 Å². The standard InChI is InChI=1S/C19H23NO4Si.C18H20O2Si.CH3NO2/c1-25(2,17-11-7-4-8-12-17)18(14-20(22)23)13-19(21)24-15-16-9-5-3-6-10-16;1-21(2,17-11-7-4-8-12-17)14-13-18(19)20-15-16-9-5-3-6-10-16;1-2(3)4/h3-12,18H,13-15H2,1-2H3;3-14H,15H2,1-2H3;1H3/b;14-13+;. The minimum atomic E-state index is -2.19. The Morgan fingerprint density at radius 2 is 1.08 bits per heavy atom. The molecule has 0 aliphatic heterocycles. The molecule has 1 atom stereocenters. The highest BCUT2D eigenvalue weighted by atomic mass is 28.3. The van der Waals surface area contributed by atoms with Crippen molar-refractivity contribution in [2.45, 2.75) is 51.4 Å². The molecule has 0 N–H and O–H groups in total. The Hall–Kier alpha value is -5.21. The molecule has 0 aliphatic rings. The molecule has 50 heavy (non-hydrogen) atoms. The fraction of sp³-hybridized carbons (Fsp3) is 0.263. The third kappa shape index (κ3) is 15.8. The van der Waals surface area contributed by atoms with Gasteiger partial charge in [0.2, 0.25) is 6.54 Å². The van der Waals surface area contributed by atoms with Crippen molar-refractivity contribution in [3.8, 4) is 0 Å². The summed E-state index contributed by atoms with van der Waals surface area (Å²) < 4.78 is 10.6. The van der Waals surface area contributed by atoms with Crippen molar-refractivity contribution >= 4 is 38.5 Å².